The largest absolute Gasteiger partial charge is 0.468 e. The van der Waals surface area contributed by atoms with Crippen LogP contribution < -0.4 is 5.73 Å². The lowest BCUT2D eigenvalue weighted by atomic mass is 9.98. The molecule has 0 heterocycles. The molecule has 0 aliphatic carbocycles. The molecule has 0 aromatic carbocycles. The number of ether oxygens (including phenoxy) is 1. The molecule has 3 N–H and O–H groups in total. The summed E-state index contributed by atoms with van der Waals surface area (Å²) in [4.78, 5) is 10.8. The van der Waals surface area contributed by atoms with Gasteiger partial charge in [0.15, 0.2) is 0 Å². The summed E-state index contributed by atoms with van der Waals surface area (Å²) in [6.07, 6.45) is -0.903. The molecule has 0 rings (SSSR count). The van der Waals surface area contributed by atoms with Gasteiger partial charge in [-0.15, -0.1) is 12.4 Å². The number of rotatable bonds is 2. The van der Waals surface area contributed by atoms with Gasteiger partial charge in [0.2, 0.25) is 0 Å². The van der Waals surface area contributed by atoms with Crippen LogP contribution in [0.4, 0.5) is 0 Å². The number of esters is 1. The van der Waals surface area contributed by atoms with E-state index >= 15 is 0 Å². The number of carbonyl (C=O) groups is 1. The lowest BCUT2D eigenvalue weighted by Gasteiger charge is -2.23. The maximum absolute atomic E-state index is 10.8. The third-order valence-corrected chi connectivity index (χ3v) is 1.49. The van der Waals surface area contributed by atoms with Gasteiger partial charge in [0.25, 0.3) is 0 Å². The van der Waals surface area contributed by atoms with E-state index < -0.39 is 17.6 Å². The molecule has 0 spiro atoms. The molecule has 1 unspecified atom stereocenters. The Morgan fingerprint density at radius 3 is 2.18 bits per heavy atom. The fourth-order valence-electron chi connectivity index (χ4n) is 0.390. The van der Waals surface area contributed by atoms with Crippen molar-refractivity contribution >= 4 is 18.4 Å². The number of halogens is 1. The second-order valence-electron chi connectivity index (χ2n) is 2.45. The van der Waals surface area contributed by atoms with Crippen molar-refractivity contribution in [2.24, 2.45) is 5.73 Å². The highest BCUT2D eigenvalue weighted by molar-refractivity contribution is 5.85. The first-order valence-corrected chi connectivity index (χ1v) is 2.98. The molecule has 0 aliphatic heterocycles. The van der Waals surface area contributed by atoms with Gasteiger partial charge in [-0.1, -0.05) is 0 Å². The molecule has 0 saturated heterocycles. The minimum atomic E-state index is -1.30. The summed E-state index contributed by atoms with van der Waals surface area (Å²) in [7, 11) is 1.23. The normalized spacial score (nSPS) is 17.5. The molecule has 0 aliphatic rings. The average molecular weight is 184 g/mol. The Hall–Kier alpha value is -0.320. The van der Waals surface area contributed by atoms with Gasteiger partial charge >= 0.3 is 5.97 Å². The van der Waals surface area contributed by atoms with E-state index in [-0.39, 0.29) is 12.4 Å². The Morgan fingerprint density at radius 2 is 2.09 bits per heavy atom. The number of methoxy groups -OCH3 is 1. The SMILES string of the molecule is COC(=O)C(C)(N)[C@H](C)O.Cl. The zero-order chi connectivity index (χ0) is 8.36. The molecule has 68 valence electrons. The molecule has 0 fully saturated rings. The van der Waals surface area contributed by atoms with Gasteiger partial charge in [0.1, 0.15) is 5.54 Å². The minimum Gasteiger partial charge on any atom is -0.468 e. The first-order valence-electron chi connectivity index (χ1n) is 2.98. The number of hydrogen-bond donors (Lipinski definition) is 2. The number of aliphatic hydroxyl groups is 1. The lowest BCUT2D eigenvalue weighted by Crippen LogP contribution is -2.54. The van der Waals surface area contributed by atoms with E-state index in [0.29, 0.717) is 0 Å². The van der Waals surface area contributed by atoms with Gasteiger partial charge in [-0.3, -0.25) is 0 Å². The van der Waals surface area contributed by atoms with Crippen LogP contribution in [0.3, 0.4) is 0 Å². The molecule has 4 nitrogen and oxygen atoms in total. The van der Waals surface area contributed by atoms with Crippen molar-refractivity contribution in [2.45, 2.75) is 25.5 Å². The molecule has 0 aromatic heterocycles. The molecule has 0 radical (unpaired) electrons. The van der Waals surface area contributed by atoms with Gasteiger partial charge in [-0.05, 0) is 13.8 Å². The zero-order valence-electron chi connectivity index (χ0n) is 6.83. The summed E-state index contributed by atoms with van der Waals surface area (Å²) in [5, 5.41) is 8.96. The van der Waals surface area contributed by atoms with E-state index in [2.05, 4.69) is 4.74 Å². The predicted octanol–water partition coefficient (Wildman–Crippen LogP) is -0.321. The van der Waals surface area contributed by atoms with Gasteiger partial charge in [-0.25, -0.2) is 4.79 Å². The van der Waals surface area contributed by atoms with E-state index in [1.54, 1.807) is 0 Å². The maximum Gasteiger partial charge on any atom is 0.328 e. The monoisotopic (exact) mass is 183 g/mol. The summed E-state index contributed by atoms with van der Waals surface area (Å²) in [6, 6.07) is 0. The Balaban J connectivity index is 0. The van der Waals surface area contributed by atoms with Crippen LogP contribution in [-0.2, 0) is 9.53 Å². The highest BCUT2D eigenvalue weighted by atomic mass is 35.5. The fourth-order valence-corrected chi connectivity index (χ4v) is 0.390. The van der Waals surface area contributed by atoms with E-state index in [4.69, 9.17) is 10.8 Å². The first-order chi connectivity index (χ1) is 4.42. The summed E-state index contributed by atoms with van der Waals surface area (Å²) in [5.74, 6) is -0.609. The van der Waals surface area contributed by atoms with Crippen molar-refractivity contribution in [2.75, 3.05) is 7.11 Å². The van der Waals surface area contributed by atoms with Crippen LogP contribution >= 0.6 is 12.4 Å². The summed E-state index contributed by atoms with van der Waals surface area (Å²) in [6.45, 7) is 2.86. The molecule has 11 heavy (non-hydrogen) atoms. The Morgan fingerprint density at radius 1 is 1.73 bits per heavy atom. The van der Waals surface area contributed by atoms with Gasteiger partial charge in [-0.2, -0.15) is 0 Å². The quantitative estimate of drug-likeness (QED) is 0.576. The van der Waals surface area contributed by atoms with Crippen molar-refractivity contribution in [3.8, 4) is 0 Å². The number of carbonyl (C=O) groups excluding carboxylic acids is 1. The summed E-state index contributed by atoms with van der Waals surface area (Å²) in [5.41, 5.74) is 4.09. The zero-order valence-corrected chi connectivity index (χ0v) is 7.64. The molecule has 0 saturated carbocycles. The topological polar surface area (TPSA) is 72.5 Å². The molecular formula is C6H14ClNO3. The molecule has 0 amide bonds. The molecular weight excluding hydrogens is 170 g/mol. The van der Waals surface area contributed by atoms with Crippen molar-refractivity contribution in [3.05, 3.63) is 0 Å². The van der Waals surface area contributed by atoms with Crippen molar-refractivity contribution in [1.29, 1.82) is 0 Å². The average Bonchev–Trinajstić information content (AvgIpc) is 1.86. The van der Waals surface area contributed by atoms with Crippen molar-refractivity contribution in [1.82, 2.24) is 0 Å². The number of hydrogen-bond acceptors (Lipinski definition) is 4. The first kappa shape index (κ1) is 13.3. The number of aliphatic hydroxyl groups excluding tert-OH is 1. The van der Waals surface area contributed by atoms with Crippen LogP contribution in [0.1, 0.15) is 13.8 Å². The van der Waals surface area contributed by atoms with Crippen LogP contribution in [0.15, 0.2) is 0 Å². The minimum absolute atomic E-state index is 0. The van der Waals surface area contributed by atoms with Crippen LogP contribution in [0.2, 0.25) is 0 Å². The summed E-state index contributed by atoms with van der Waals surface area (Å²) < 4.78 is 4.35. The lowest BCUT2D eigenvalue weighted by molar-refractivity contribution is -0.150. The second kappa shape index (κ2) is 4.54. The molecule has 0 bridgehead atoms. The summed E-state index contributed by atoms with van der Waals surface area (Å²) >= 11 is 0. The van der Waals surface area contributed by atoms with E-state index in [0.717, 1.165) is 0 Å². The molecule has 5 heteroatoms. The highest BCUT2D eigenvalue weighted by Crippen LogP contribution is 2.06. The van der Waals surface area contributed by atoms with Gasteiger partial charge in [0, 0.05) is 0 Å². The van der Waals surface area contributed by atoms with Crippen LogP contribution in [0, 0.1) is 0 Å². The van der Waals surface area contributed by atoms with Crippen molar-refractivity contribution < 1.29 is 14.6 Å². The molecule has 0 aromatic rings. The fraction of sp³-hybridized carbons (Fsp3) is 0.833. The van der Waals surface area contributed by atoms with Gasteiger partial charge < -0.3 is 15.6 Å². The van der Waals surface area contributed by atoms with Crippen molar-refractivity contribution in [3.63, 3.8) is 0 Å². The third-order valence-electron chi connectivity index (χ3n) is 1.49. The van der Waals surface area contributed by atoms with Crippen LogP contribution in [0.25, 0.3) is 0 Å². The third kappa shape index (κ3) is 3.05. The Bertz CT molecular complexity index is 136. The highest BCUT2D eigenvalue weighted by Gasteiger charge is 2.34. The van der Waals surface area contributed by atoms with E-state index in [1.807, 2.05) is 0 Å². The number of nitrogens with two attached hydrogens (primary N) is 1. The molecule has 2 atom stereocenters. The van der Waals surface area contributed by atoms with Gasteiger partial charge in [0.05, 0.1) is 13.2 Å². The maximum atomic E-state index is 10.8. The van der Waals surface area contributed by atoms with Crippen LogP contribution in [-0.4, -0.2) is 29.8 Å². The second-order valence-corrected chi connectivity index (χ2v) is 2.45. The Kier molecular flexibility index (Phi) is 5.48. The van der Waals surface area contributed by atoms with Crippen LogP contribution in [0.5, 0.6) is 0 Å². The predicted molar refractivity (Wildman–Crippen MR) is 43.5 cm³/mol. The van der Waals surface area contributed by atoms with E-state index in [9.17, 15) is 4.79 Å². The smallest absolute Gasteiger partial charge is 0.328 e. The Labute approximate surface area is 72.1 Å². The standard InChI is InChI=1S/C6H13NO3.ClH/c1-4(8)6(2,7)5(9)10-3;/h4,8H,7H2,1-3H3;1H/t4-,6?;/m0./s1. The van der Waals surface area contributed by atoms with E-state index in [1.165, 1.54) is 21.0 Å².